The second kappa shape index (κ2) is 9.61. The van der Waals surface area contributed by atoms with Gasteiger partial charge in [-0.15, -0.1) is 0 Å². The van der Waals surface area contributed by atoms with Crippen molar-refractivity contribution in [3.8, 4) is 0 Å². The first-order valence-electron chi connectivity index (χ1n) is 8.70. The second-order valence-electron chi connectivity index (χ2n) is 6.53. The Labute approximate surface area is 153 Å². The summed E-state index contributed by atoms with van der Waals surface area (Å²) in [4.78, 5) is 35.8. The topological polar surface area (TPSA) is 75.3 Å². The fraction of sp³-hybridized carbons (Fsp3) is 0.526. The van der Waals surface area contributed by atoms with E-state index in [1.54, 1.807) is 0 Å². The summed E-state index contributed by atoms with van der Waals surface area (Å²) in [6, 6.07) is 7.86. The van der Waals surface area contributed by atoms with Crippen LogP contribution in [0.4, 0.5) is 0 Å². The second-order valence-corrected chi connectivity index (χ2v) is 7.73. The molecule has 1 heterocycles. The number of carbonyl (C=O) groups excluding carboxylic acids is 3. The zero-order valence-corrected chi connectivity index (χ0v) is 15.7. The van der Waals surface area contributed by atoms with Gasteiger partial charge < -0.3 is 10.6 Å². The Morgan fingerprint density at radius 2 is 2.12 bits per heavy atom. The van der Waals surface area contributed by atoms with E-state index < -0.39 is 0 Å². The molecular formula is C19H26N2O3S. The van der Waals surface area contributed by atoms with E-state index in [2.05, 4.69) is 10.6 Å². The van der Waals surface area contributed by atoms with E-state index in [4.69, 9.17) is 0 Å². The van der Waals surface area contributed by atoms with Crippen molar-refractivity contribution in [1.29, 1.82) is 0 Å². The van der Waals surface area contributed by atoms with Crippen LogP contribution in [0.2, 0.25) is 0 Å². The van der Waals surface area contributed by atoms with Crippen LogP contribution in [0.1, 0.15) is 37.3 Å². The van der Waals surface area contributed by atoms with Crippen LogP contribution < -0.4 is 10.6 Å². The minimum Gasteiger partial charge on any atom is -0.356 e. The van der Waals surface area contributed by atoms with Crippen LogP contribution in [0.5, 0.6) is 0 Å². The molecule has 1 fully saturated rings. The van der Waals surface area contributed by atoms with Crippen molar-refractivity contribution in [1.82, 2.24) is 10.6 Å². The van der Waals surface area contributed by atoms with E-state index in [9.17, 15) is 14.4 Å². The molecule has 1 aromatic rings. The number of carbonyl (C=O) groups is 3. The highest BCUT2D eigenvalue weighted by Gasteiger charge is 2.25. The van der Waals surface area contributed by atoms with Gasteiger partial charge in [0.15, 0.2) is 5.12 Å². The van der Waals surface area contributed by atoms with E-state index in [1.807, 2.05) is 31.2 Å². The Morgan fingerprint density at radius 1 is 1.36 bits per heavy atom. The van der Waals surface area contributed by atoms with Crippen molar-refractivity contribution < 1.29 is 14.4 Å². The predicted octanol–water partition coefficient (Wildman–Crippen LogP) is 2.22. The third kappa shape index (κ3) is 6.53. The first-order chi connectivity index (χ1) is 12.0. The summed E-state index contributed by atoms with van der Waals surface area (Å²) >= 11 is 1.18. The molecule has 25 heavy (non-hydrogen) atoms. The average Bonchev–Trinajstić information content (AvgIpc) is 2.76. The van der Waals surface area contributed by atoms with Crippen molar-refractivity contribution >= 4 is 28.7 Å². The quantitative estimate of drug-likeness (QED) is 0.814. The lowest BCUT2D eigenvalue weighted by molar-refractivity contribution is -0.125. The summed E-state index contributed by atoms with van der Waals surface area (Å²) in [5.74, 6) is 0.0726. The van der Waals surface area contributed by atoms with E-state index in [0.717, 1.165) is 24.0 Å². The molecule has 0 spiro atoms. The number of rotatable bonds is 6. The summed E-state index contributed by atoms with van der Waals surface area (Å²) in [5.41, 5.74) is 2.26. The Kier molecular flexibility index (Phi) is 7.50. The smallest absolute Gasteiger partial charge is 0.224 e. The minimum absolute atomic E-state index is 0.0106. The van der Waals surface area contributed by atoms with Crippen LogP contribution in [0, 0.1) is 12.8 Å². The lowest BCUT2D eigenvalue weighted by atomic mass is 9.96. The molecule has 2 rings (SSSR count). The molecule has 1 aliphatic heterocycles. The highest BCUT2D eigenvalue weighted by atomic mass is 32.2. The number of aryl methyl sites for hydroxylation is 1. The largest absolute Gasteiger partial charge is 0.356 e. The third-order valence-electron chi connectivity index (χ3n) is 4.42. The lowest BCUT2D eigenvalue weighted by Gasteiger charge is -2.21. The van der Waals surface area contributed by atoms with Crippen molar-refractivity contribution in [2.75, 3.05) is 12.3 Å². The van der Waals surface area contributed by atoms with E-state index in [1.165, 1.54) is 18.7 Å². The summed E-state index contributed by atoms with van der Waals surface area (Å²) in [6.45, 7) is 4.21. The number of benzene rings is 1. The van der Waals surface area contributed by atoms with Gasteiger partial charge in [-0.3, -0.25) is 14.4 Å². The first-order valence-corrected chi connectivity index (χ1v) is 9.69. The number of nitrogens with one attached hydrogen (secondary N) is 2. The van der Waals surface area contributed by atoms with Crippen LogP contribution in [-0.4, -0.2) is 35.3 Å². The maximum atomic E-state index is 12.8. The molecule has 2 amide bonds. The van der Waals surface area contributed by atoms with Crippen LogP contribution in [0.3, 0.4) is 0 Å². The van der Waals surface area contributed by atoms with E-state index in [0.29, 0.717) is 25.1 Å². The Hall–Kier alpha value is -1.82. The van der Waals surface area contributed by atoms with Gasteiger partial charge in [0.2, 0.25) is 11.8 Å². The molecule has 1 aromatic carbocycles. The molecule has 1 unspecified atom stereocenters. The number of hydrogen-bond donors (Lipinski definition) is 2. The monoisotopic (exact) mass is 362 g/mol. The zero-order chi connectivity index (χ0) is 18.2. The fourth-order valence-electron chi connectivity index (χ4n) is 2.97. The molecule has 1 aliphatic rings. The highest BCUT2D eigenvalue weighted by molar-refractivity contribution is 8.13. The molecule has 2 atom stereocenters. The van der Waals surface area contributed by atoms with Gasteiger partial charge in [0, 0.05) is 31.7 Å². The molecule has 0 bridgehead atoms. The van der Waals surface area contributed by atoms with Gasteiger partial charge in [0.05, 0.1) is 5.92 Å². The van der Waals surface area contributed by atoms with Gasteiger partial charge in [-0.05, 0) is 37.3 Å². The highest BCUT2D eigenvalue weighted by Crippen LogP contribution is 2.19. The Balaban J connectivity index is 2.05. The van der Waals surface area contributed by atoms with Crippen molar-refractivity contribution in [3.05, 3.63) is 35.4 Å². The maximum Gasteiger partial charge on any atom is 0.224 e. The van der Waals surface area contributed by atoms with E-state index >= 15 is 0 Å². The van der Waals surface area contributed by atoms with Gasteiger partial charge in [-0.2, -0.15) is 0 Å². The fourth-order valence-corrected chi connectivity index (χ4v) is 3.67. The standard InChI is InChI=1S/C19H26N2O3S/c1-13-6-3-4-7-15(13)10-16(12-25-14(2)22)19(24)21-17-8-5-9-20-18(23)11-17/h3-4,6-7,16-17H,5,8-12H2,1-2H3,(H,20,23)(H,21,24)/t16?,17-/m0/s1. The number of hydrogen-bond acceptors (Lipinski definition) is 4. The summed E-state index contributed by atoms with van der Waals surface area (Å²) in [5, 5.41) is 5.86. The zero-order valence-electron chi connectivity index (χ0n) is 14.8. The van der Waals surface area contributed by atoms with Gasteiger partial charge >= 0.3 is 0 Å². The molecule has 0 radical (unpaired) electrons. The van der Waals surface area contributed by atoms with Crippen molar-refractivity contribution in [3.63, 3.8) is 0 Å². The summed E-state index contributed by atoms with van der Waals surface area (Å²) in [7, 11) is 0. The van der Waals surface area contributed by atoms with Gasteiger partial charge in [-0.25, -0.2) is 0 Å². The molecule has 0 aliphatic carbocycles. The molecule has 1 saturated heterocycles. The van der Waals surface area contributed by atoms with Gasteiger partial charge in [-0.1, -0.05) is 36.0 Å². The third-order valence-corrected chi connectivity index (χ3v) is 5.39. The molecular weight excluding hydrogens is 336 g/mol. The molecule has 6 heteroatoms. The molecule has 0 saturated carbocycles. The SMILES string of the molecule is CC(=O)SCC(Cc1ccccc1C)C(=O)N[C@H]1CCCNC(=O)C1. The lowest BCUT2D eigenvalue weighted by Crippen LogP contribution is -2.41. The van der Waals surface area contributed by atoms with E-state index in [-0.39, 0.29) is 28.9 Å². The van der Waals surface area contributed by atoms with Crippen LogP contribution >= 0.6 is 11.8 Å². The normalized spacial score (nSPS) is 18.8. The molecule has 5 nitrogen and oxygen atoms in total. The molecule has 0 aromatic heterocycles. The van der Waals surface area contributed by atoms with Crippen LogP contribution in [0.25, 0.3) is 0 Å². The van der Waals surface area contributed by atoms with Crippen molar-refractivity contribution in [2.45, 2.75) is 45.6 Å². The Bertz CT molecular complexity index is 633. The first kappa shape index (κ1) is 19.5. The van der Waals surface area contributed by atoms with Crippen LogP contribution in [0.15, 0.2) is 24.3 Å². The minimum atomic E-state index is -0.290. The van der Waals surface area contributed by atoms with Gasteiger partial charge in [0.25, 0.3) is 0 Å². The number of amides is 2. The predicted molar refractivity (Wildman–Crippen MR) is 100 cm³/mol. The van der Waals surface area contributed by atoms with Gasteiger partial charge in [0.1, 0.15) is 0 Å². The number of thioether (sulfide) groups is 1. The molecule has 136 valence electrons. The summed E-state index contributed by atoms with van der Waals surface area (Å²) in [6.07, 6.45) is 2.57. The molecule has 2 N–H and O–H groups in total. The average molecular weight is 362 g/mol. The Morgan fingerprint density at radius 3 is 2.84 bits per heavy atom. The van der Waals surface area contributed by atoms with Crippen molar-refractivity contribution in [2.24, 2.45) is 5.92 Å². The summed E-state index contributed by atoms with van der Waals surface area (Å²) < 4.78 is 0. The van der Waals surface area contributed by atoms with Crippen LogP contribution in [-0.2, 0) is 20.8 Å². The maximum absolute atomic E-state index is 12.8.